The molecule has 0 aromatic heterocycles. The maximum Gasteiger partial charge on any atom is 0.240 e. The van der Waals surface area contributed by atoms with Gasteiger partial charge in [-0.1, -0.05) is 30.3 Å². The van der Waals surface area contributed by atoms with Gasteiger partial charge in [-0.2, -0.15) is 5.26 Å². The highest BCUT2D eigenvalue weighted by Gasteiger charge is 2.27. The quantitative estimate of drug-likeness (QED) is 0.865. The summed E-state index contributed by atoms with van der Waals surface area (Å²) in [4.78, 5) is 11.8. The van der Waals surface area contributed by atoms with Crippen LogP contribution in [0.5, 0.6) is 0 Å². The highest BCUT2D eigenvalue weighted by atomic mass is 16.2. The first-order chi connectivity index (χ1) is 8.45. The van der Waals surface area contributed by atoms with E-state index >= 15 is 0 Å². The average Bonchev–Trinajstić information content (AvgIpc) is 2.37. The molecule has 0 saturated heterocycles. The molecule has 0 saturated carbocycles. The molecule has 0 aliphatic carbocycles. The molecule has 1 unspecified atom stereocenters. The molecule has 1 aromatic rings. The lowest BCUT2D eigenvalue weighted by Crippen LogP contribution is -2.41. The monoisotopic (exact) mass is 244 g/mol. The standard InChI is InChI=1S/C15H20N2O/c1-12(17-14(18)15(2,3)11-16)9-10-13-7-5-4-6-8-13/h4-8,12H,9-10H2,1-3H3,(H,17,18). The topological polar surface area (TPSA) is 52.9 Å². The number of hydrogen-bond donors (Lipinski definition) is 1. The van der Waals surface area contributed by atoms with Crippen LogP contribution in [0.3, 0.4) is 0 Å². The minimum absolute atomic E-state index is 0.0744. The molecule has 96 valence electrons. The first kappa shape index (κ1) is 14.2. The largest absolute Gasteiger partial charge is 0.352 e. The minimum Gasteiger partial charge on any atom is -0.352 e. The maximum absolute atomic E-state index is 11.8. The van der Waals surface area contributed by atoms with Gasteiger partial charge in [0, 0.05) is 6.04 Å². The Balaban J connectivity index is 2.41. The van der Waals surface area contributed by atoms with Crippen molar-refractivity contribution in [3.63, 3.8) is 0 Å². The zero-order valence-electron chi connectivity index (χ0n) is 11.2. The summed E-state index contributed by atoms with van der Waals surface area (Å²) in [5, 5.41) is 11.8. The molecule has 1 amide bonds. The van der Waals surface area contributed by atoms with Gasteiger partial charge in [-0.15, -0.1) is 0 Å². The van der Waals surface area contributed by atoms with Crippen LogP contribution >= 0.6 is 0 Å². The Kier molecular flexibility index (Phi) is 4.91. The average molecular weight is 244 g/mol. The first-order valence-electron chi connectivity index (χ1n) is 6.22. The molecule has 0 spiro atoms. The minimum atomic E-state index is -0.957. The highest BCUT2D eigenvalue weighted by molar-refractivity contribution is 5.84. The third-order valence-electron chi connectivity index (χ3n) is 2.93. The number of benzene rings is 1. The molecule has 0 bridgehead atoms. The van der Waals surface area contributed by atoms with E-state index in [0.717, 1.165) is 12.8 Å². The van der Waals surface area contributed by atoms with E-state index in [0.29, 0.717) is 0 Å². The van der Waals surface area contributed by atoms with Crippen molar-refractivity contribution in [3.8, 4) is 6.07 Å². The van der Waals surface area contributed by atoms with Gasteiger partial charge in [-0.05, 0) is 39.2 Å². The van der Waals surface area contributed by atoms with E-state index in [1.54, 1.807) is 13.8 Å². The van der Waals surface area contributed by atoms with Crippen molar-refractivity contribution < 1.29 is 4.79 Å². The third-order valence-corrected chi connectivity index (χ3v) is 2.93. The number of hydrogen-bond acceptors (Lipinski definition) is 2. The Hall–Kier alpha value is -1.82. The van der Waals surface area contributed by atoms with Crippen LogP contribution in [0.25, 0.3) is 0 Å². The SMILES string of the molecule is CC(CCc1ccccc1)NC(=O)C(C)(C)C#N. The molecule has 0 radical (unpaired) electrons. The lowest BCUT2D eigenvalue weighted by atomic mass is 9.94. The van der Waals surface area contributed by atoms with Crippen molar-refractivity contribution in [3.05, 3.63) is 35.9 Å². The van der Waals surface area contributed by atoms with Gasteiger partial charge in [0.05, 0.1) is 6.07 Å². The summed E-state index contributed by atoms with van der Waals surface area (Å²) < 4.78 is 0. The molecule has 0 heterocycles. The molecular formula is C15H20N2O. The van der Waals surface area contributed by atoms with Crippen LogP contribution in [-0.4, -0.2) is 11.9 Å². The lowest BCUT2D eigenvalue weighted by molar-refractivity contribution is -0.127. The van der Waals surface area contributed by atoms with E-state index in [2.05, 4.69) is 17.4 Å². The normalized spacial score (nSPS) is 12.6. The van der Waals surface area contributed by atoms with Gasteiger partial charge in [-0.25, -0.2) is 0 Å². The summed E-state index contributed by atoms with van der Waals surface area (Å²) in [6.45, 7) is 5.23. The summed E-state index contributed by atoms with van der Waals surface area (Å²) >= 11 is 0. The van der Waals surface area contributed by atoms with E-state index in [4.69, 9.17) is 5.26 Å². The summed E-state index contributed by atoms with van der Waals surface area (Å²) in [5.41, 5.74) is 0.305. The molecule has 1 rings (SSSR count). The molecule has 1 aromatic carbocycles. The van der Waals surface area contributed by atoms with Crippen molar-refractivity contribution in [2.75, 3.05) is 0 Å². The number of nitrogens with one attached hydrogen (secondary N) is 1. The predicted octanol–water partition coefficient (Wildman–Crippen LogP) is 2.67. The molecule has 0 aliphatic rings. The third kappa shape index (κ3) is 4.21. The fraction of sp³-hybridized carbons (Fsp3) is 0.467. The van der Waals surface area contributed by atoms with Gasteiger partial charge in [-0.3, -0.25) is 4.79 Å². The van der Waals surface area contributed by atoms with Gasteiger partial charge in [0.1, 0.15) is 5.41 Å². The molecule has 0 aliphatic heterocycles. The predicted molar refractivity (Wildman–Crippen MR) is 71.8 cm³/mol. The van der Waals surface area contributed by atoms with Crippen LogP contribution in [0.15, 0.2) is 30.3 Å². The summed E-state index contributed by atoms with van der Waals surface area (Å²) in [7, 11) is 0. The molecule has 1 N–H and O–H groups in total. The van der Waals surface area contributed by atoms with Crippen LogP contribution in [0, 0.1) is 16.7 Å². The summed E-state index contributed by atoms with van der Waals surface area (Å²) in [5.74, 6) is -0.203. The Morgan fingerprint density at radius 3 is 2.56 bits per heavy atom. The maximum atomic E-state index is 11.8. The Bertz CT molecular complexity index is 432. The second kappa shape index (κ2) is 6.20. The van der Waals surface area contributed by atoms with E-state index < -0.39 is 5.41 Å². The van der Waals surface area contributed by atoms with Gasteiger partial charge in [0.15, 0.2) is 0 Å². The summed E-state index contributed by atoms with van der Waals surface area (Å²) in [6, 6.07) is 12.2. The number of nitrogens with zero attached hydrogens (tertiary/aromatic N) is 1. The molecule has 0 fully saturated rings. The molecule has 3 nitrogen and oxygen atoms in total. The zero-order valence-corrected chi connectivity index (χ0v) is 11.2. The number of carbonyl (C=O) groups is 1. The smallest absolute Gasteiger partial charge is 0.240 e. The van der Waals surface area contributed by atoms with Crippen molar-refractivity contribution in [2.45, 2.75) is 39.7 Å². The lowest BCUT2D eigenvalue weighted by Gasteiger charge is -2.19. The second-order valence-corrected chi connectivity index (χ2v) is 5.14. The zero-order chi connectivity index (χ0) is 13.6. The fourth-order valence-corrected chi connectivity index (χ4v) is 1.56. The second-order valence-electron chi connectivity index (χ2n) is 5.14. The number of nitriles is 1. The van der Waals surface area contributed by atoms with Crippen LogP contribution in [0.2, 0.25) is 0 Å². The number of amides is 1. The Morgan fingerprint density at radius 1 is 1.39 bits per heavy atom. The molecule has 3 heteroatoms. The molecule has 18 heavy (non-hydrogen) atoms. The van der Waals surface area contributed by atoms with Gasteiger partial charge in [0.25, 0.3) is 0 Å². The highest BCUT2D eigenvalue weighted by Crippen LogP contribution is 2.14. The van der Waals surface area contributed by atoms with Gasteiger partial charge in [0.2, 0.25) is 5.91 Å². The first-order valence-corrected chi connectivity index (χ1v) is 6.22. The van der Waals surface area contributed by atoms with E-state index in [1.165, 1.54) is 5.56 Å². The Morgan fingerprint density at radius 2 is 2.00 bits per heavy atom. The van der Waals surface area contributed by atoms with E-state index in [1.807, 2.05) is 31.2 Å². The van der Waals surface area contributed by atoms with E-state index in [9.17, 15) is 4.79 Å². The van der Waals surface area contributed by atoms with Crippen molar-refractivity contribution in [1.82, 2.24) is 5.32 Å². The van der Waals surface area contributed by atoms with Crippen LogP contribution in [-0.2, 0) is 11.2 Å². The fourth-order valence-electron chi connectivity index (χ4n) is 1.56. The molecule has 1 atom stereocenters. The van der Waals surface area contributed by atoms with Crippen LogP contribution < -0.4 is 5.32 Å². The summed E-state index contributed by atoms with van der Waals surface area (Å²) in [6.07, 6.45) is 1.80. The number of carbonyl (C=O) groups excluding carboxylic acids is 1. The van der Waals surface area contributed by atoms with Crippen molar-refractivity contribution >= 4 is 5.91 Å². The van der Waals surface area contributed by atoms with Crippen LogP contribution in [0.1, 0.15) is 32.8 Å². The molecular weight excluding hydrogens is 224 g/mol. The number of rotatable bonds is 5. The van der Waals surface area contributed by atoms with Crippen LogP contribution in [0.4, 0.5) is 0 Å². The van der Waals surface area contributed by atoms with Gasteiger partial charge >= 0.3 is 0 Å². The van der Waals surface area contributed by atoms with Crippen molar-refractivity contribution in [1.29, 1.82) is 5.26 Å². The van der Waals surface area contributed by atoms with Crippen molar-refractivity contribution in [2.24, 2.45) is 5.41 Å². The van der Waals surface area contributed by atoms with E-state index in [-0.39, 0.29) is 11.9 Å². The number of aryl methyl sites for hydroxylation is 1. The van der Waals surface area contributed by atoms with Gasteiger partial charge < -0.3 is 5.32 Å². The Labute approximate surface area is 109 Å².